The summed E-state index contributed by atoms with van der Waals surface area (Å²) in [4.78, 5) is 11.6. The Labute approximate surface area is 103 Å². The van der Waals surface area contributed by atoms with Gasteiger partial charge in [-0.2, -0.15) is 0 Å². The molecule has 2 fully saturated rings. The highest BCUT2D eigenvalue weighted by Gasteiger charge is 2.31. The third kappa shape index (κ3) is 3.68. The third-order valence-electron chi connectivity index (χ3n) is 4.01. The van der Waals surface area contributed by atoms with E-state index >= 15 is 0 Å². The lowest BCUT2D eigenvalue weighted by molar-refractivity contribution is -0.121. The second-order valence-corrected chi connectivity index (χ2v) is 5.36. The van der Waals surface area contributed by atoms with Gasteiger partial charge >= 0.3 is 0 Å². The summed E-state index contributed by atoms with van der Waals surface area (Å²) < 4.78 is 5.35. The highest BCUT2D eigenvalue weighted by Crippen LogP contribution is 2.21. The van der Waals surface area contributed by atoms with Crippen molar-refractivity contribution in [1.29, 1.82) is 0 Å². The Morgan fingerprint density at radius 1 is 1.18 bits per heavy atom. The second-order valence-electron chi connectivity index (χ2n) is 5.36. The molecule has 2 atom stereocenters. The predicted octanol–water partition coefficient (Wildman–Crippen LogP) is 1.19. The fourth-order valence-corrected chi connectivity index (χ4v) is 2.97. The van der Waals surface area contributed by atoms with E-state index in [1.54, 1.807) is 0 Å². The molecule has 1 heterocycles. The van der Waals surface area contributed by atoms with Crippen LogP contribution in [0.3, 0.4) is 0 Å². The van der Waals surface area contributed by atoms with Gasteiger partial charge in [0.25, 0.3) is 0 Å². The molecule has 0 spiro atoms. The van der Waals surface area contributed by atoms with Gasteiger partial charge in [-0.3, -0.25) is 4.79 Å². The number of amides is 1. The van der Waals surface area contributed by atoms with Gasteiger partial charge in [0.1, 0.15) is 0 Å². The monoisotopic (exact) mass is 240 g/mol. The van der Waals surface area contributed by atoms with Gasteiger partial charge in [0.2, 0.25) is 5.91 Å². The van der Waals surface area contributed by atoms with Crippen molar-refractivity contribution in [3.63, 3.8) is 0 Å². The minimum atomic E-state index is -0.218. The fourth-order valence-electron chi connectivity index (χ4n) is 2.97. The zero-order valence-electron chi connectivity index (χ0n) is 10.5. The Hall–Kier alpha value is -0.610. The maximum absolute atomic E-state index is 11.6. The maximum Gasteiger partial charge on any atom is 0.234 e. The Bertz CT molecular complexity index is 244. The largest absolute Gasteiger partial charge is 0.381 e. The summed E-state index contributed by atoms with van der Waals surface area (Å²) in [5.74, 6) is 0.0560. The summed E-state index contributed by atoms with van der Waals surface area (Å²) in [6.45, 7) is 1.44. The molecule has 2 rings (SSSR count). The minimum absolute atomic E-state index is 0.194. The minimum Gasteiger partial charge on any atom is -0.381 e. The second kappa shape index (κ2) is 6.36. The number of rotatable bonds is 4. The Kier molecular flexibility index (Phi) is 4.80. The number of ether oxygens (including phenoxy) is 1. The molecule has 98 valence electrons. The molecule has 4 heteroatoms. The standard InChI is InChI=1S/C13H24N2O2/c14-13(16)12(10-7-8-17-9-10)15-11-5-3-1-2-4-6-11/h10-12,15H,1-9H2,(H2,14,16). The lowest BCUT2D eigenvalue weighted by Gasteiger charge is -2.26. The number of hydrogen-bond acceptors (Lipinski definition) is 3. The number of nitrogens with two attached hydrogens (primary N) is 1. The average molecular weight is 240 g/mol. The predicted molar refractivity (Wildman–Crippen MR) is 66.5 cm³/mol. The molecule has 2 unspecified atom stereocenters. The molecular formula is C13H24N2O2. The van der Waals surface area contributed by atoms with Crippen molar-refractivity contribution in [3.8, 4) is 0 Å². The third-order valence-corrected chi connectivity index (χ3v) is 4.01. The van der Waals surface area contributed by atoms with Gasteiger partial charge < -0.3 is 15.8 Å². The number of hydrogen-bond donors (Lipinski definition) is 2. The van der Waals surface area contributed by atoms with E-state index in [-0.39, 0.29) is 17.9 Å². The van der Waals surface area contributed by atoms with Crippen molar-refractivity contribution in [2.45, 2.75) is 57.0 Å². The summed E-state index contributed by atoms with van der Waals surface area (Å²) in [6.07, 6.45) is 8.49. The average Bonchev–Trinajstić information content (AvgIpc) is 2.70. The van der Waals surface area contributed by atoms with Gasteiger partial charge in [0.05, 0.1) is 12.6 Å². The van der Waals surface area contributed by atoms with Crippen LogP contribution in [0.1, 0.15) is 44.9 Å². The van der Waals surface area contributed by atoms with E-state index in [0.717, 1.165) is 13.0 Å². The summed E-state index contributed by atoms with van der Waals surface area (Å²) in [6, 6.07) is 0.274. The fraction of sp³-hybridized carbons (Fsp3) is 0.923. The Morgan fingerprint density at radius 2 is 1.88 bits per heavy atom. The van der Waals surface area contributed by atoms with E-state index in [1.807, 2.05) is 0 Å². The summed E-state index contributed by atoms with van der Waals surface area (Å²) in [7, 11) is 0. The van der Waals surface area contributed by atoms with Crippen LogP contribution in [0.4, 0.5) is 0 Å². The summed E-state index contributed by atoms with van der Waals surface area (Å²) in [5, 5.41) is 3.48. The van der Waals surface area contributed by atoms with Crippen LogP contribution in [0.2, 0.25) is 0 Å². The molecule has 1 amide bonds. The molecule has 1 aliphatic heterocycles. The van der Waals surface area contributed by atoms with Crippen LogP contribution in [0.5, 0.6) is 0 Å². The summed E-state index contributed by atoms with van der Waals surface area (Å²) in [5.41, 5.74) is 5.52. The zero-order chi connectivity index (χ0) is 12.1. The first-order chi connectivity index (χ1) is 8.27. The van der Waals surface area contributed by atoms with Gasteiger partial charge in [-0.15, -0.1) is 0 Å². The Balaban J connectivity index is 1.89. The molecule has 0 aromatic heterocycles. The molecule has 4 nitrogen and oxygen atoms in total. The van der Waals surface area contributed by atoms with Crippen LogP contribution in [0, 0.1) is 5.92 Å². The lowest BCUT2D eigenvalue weighted by Crippen LogP contribution is -2.50. The van der Waals surface area contributed by atoms with Crippen molar-refractivity contribution in [3.05, 3.63) is 0 Å². The molecule has 3 N–H and O–H groups in total. The van der Waals surface area contributed by atoms with E-state index in [0.29, 0.717) is 12.6 Å². The molecule has 0 bridgehead atoms. The number of nitrogens with one attached hydrogen (secondary N) is 1. The van der Waals surface area contributed by atoms with Crippen LogP contribution < -0.4 is 11.1 Å². The molecule has 1 aliphatic carbocycles. The molecule has 1 saturated heterocycles. The highest BCUT2D eigenvalue weighted by molar-refractivity contribution is 5.80. The van der Waals surface area contributed by atoms with Crippen molar-refractivity contribution >= 4 is 5.91 Å². The van der Waals surface area contributed by atoms with Crippen LogP contribution in [0.15, 0.2) is 0 Å². The quantitative estimate of drug-likeness (QED) is 0.725. The van der Waals surface area contributed by atoms with Crippen LogP contribution >= 0.6 is 0 Å². The van der Waals surface area contributed by atoms with Gasteiger partial charge in [-0.1, -0.05) is 25.7 Å². The number of primary amides is 1. The molecule has 17 heavy (non-hydrogen) atoms. The topological polar surface area (TPSA) is 64.4 Å². The van der Waals surface area contributed by atoms with E-state index in [1.165, 1.54) is 38.5 Å². The van der Waals surface area contributed by atoms with Gasteiger partial charge in [-0.25, -0.2) is 0 Å². The van der Waals surface area contributed by atoms with E-state index < -0.39 is 0 Å². The van der Waals surface area contributed by atoms with Gasteiger partial charge in [0, 0.05) is 18.6 Å². The molecule has 2 aliphatic rings. The van der Waals surface area contributed by atoms with Crippen molar-refractivity contribution < 1.29 is 9.53 Å². The smallest absolute Gasteiger partial charge is 0.234 e. The van der Waals surface area contributed by atoms with Crippen molar-refractivity contribution in [1.82, 2.24) is 5.32 Å². The van der Waals surface area contributed by atoms with Crippen LogP contribution in [-0.2, 0) is 9.53 Å². The molecule has 0 radical (unpaired) electrons. The normalized spacial score (nSPS) is 28.8. The van der Waals surface area contributed by atoms with E-state index in [2.05, 4.69) is 5.32 Å². The first-order valence-corrected chi connectivity index (χ1v) is 6.90. The molecule has 0 aromatic rings. The lowest BCUT2D eigenvalue weighted by atomic mass is 9.96. The highest BCUT2D eigenvalue weighted by atomic mass is 16.5. The summed E-state index contributed by atoms with van der Waals surface area (Å²) >= 11 is 0. The maximum atomic E-state index is 11.6. The molecule has 0 aromatic carbocycles. The van der Waals surface area contributed by atoms with Crippen molar-refractivity contribution in [2.24, 2.45) is 11.7 Å². The zero-order valence-corrected chi connectivity index (χ0v) is 10.5. The first-order valence-electron chi connectivity index (χ1n) is 6.90. The number of carbonyl (C=O) groups is 1. The molecular weight excluding hydrogens is 216 g/mol. The van der Waals surface area contributed by atoms with E-state index in [4.69, 9.17) is 10.5 Å². The molecule has 1 saturated carbocycles. The Morgan fingerprint density at radius 3 is 2.41 bits per heavy atom. The van der Waals surface area contributed by atoms with Crippen LogP contribution in [-0.4, -0.2) is 31.2 Å². The van der Waals surface area contributed by atoms with E-state index in [9.17, 15) is 4.79 Å². The van der Waals surface area contributed by atoms with Gasteiger partial charge in [-0.05, 0) is 19.3 Å². The van der Waals surface area contributed by atoms with Gasteiger partial charge in [0.15, 0.2) is 0 Å². The van der Waals surface area contributed by atoms with Crippen molar-refractivity contribution in [2.75, 3.05) is 13.2 Å². The SMILES string of the molecule is NC(=O)C(NC1CCCCCC1)C1CCOC1. The first kappa shape index (κ1) is 12.8. The van der Waals surface area contributed by atoms with Crippen LogP contribution in [0.25, 0.3) is 0 Å². The number of carbonyl (C=O) groups excluding carboxylic acids is 1.